The molecule has 3 aromatic rings. The molecule has 3 rings (SSSR count). The van der Waals surface area contributed by atoms with Crippen LogP contribution in [0.15, 0.2) is 48.7 Å². The molecule has 2 nitrogen and oxygen atoms in total. The van der Waals surface area contributed by atoms with Crippen molar-refractivity contribution >= 4 is 39.2 Å². The highest BCUT2D eigenvalue weighted by molar-refractivity contribution is 14.1. The summed E-state index contributed by atoms with van der Waals surface area (Å²) in [7, 11) is 0. The molecule has 0 amide bonds. The van der Waals surface area contributed by atoms with Crippen LogP contribution in [-0.4, -0.2) is 4.98 Å². The second-order valence-corrected chi connectivity index (χ2v) is 5.50. The molecule has 0 spiro atoms. The Morgan fingerprint density at radius 2 is 2.00 bits per heavy atom. The van der Waals surface area contributed by atoms with E-state index in [1.807, 2.05) is 18.3 Å². The van der Waals surface area contributed by atoms with E-state index in [9.17, 15) is 4.39 Å². The van der Waals surface area contributed by atoms with Crippen LogP contribution in [0.2, 0.25) is 0 Å². The van der Waals surface area contributed by atoms with Gasteiger partial charge in [-0.3, -0.25) is 0 Å². The Balaban J connectivity index is 1.82. The van der Waals surface area contributed by atoms with Crippen molar-refractivity contribution in [1.82, 2.24) is 4.98 Å². The molecule has 0 fully saturated rings. The number of anilines is 1. The van der Waals surface area contributed by atoms with E-state index in [2.05, 4.69) is 45.0 Å². The van der Waals surface area contributed by atoms with Gasteiger partial charge in [0.15, 0.2) is 0 Å². The molecular weight excluding hydrogens is 354 g/mol. The number of hydrogen-bond donors (Lipinski definition) is 2. The molecule has 0 aliphatic rings. The van der Waals surface area contributed by atoms with Crippen molar-refractivity contribution in [3.63, 3.8) is 0 Å². The average molecular weight is 366 g/mol. The van der Waals surface area contributed by atoms with E-state index in [-0.39, 0.29) is 5.82 Å². The van der Waals surface area contributed by atoms with Crippen LogP contribution in [0.1, 0.15) is 5.56 Å². The van der Waals surface area contributed by atoms with E-state index in [4.69, 9.17) is 0 Å². The molecule has 1 aromatic heterocycles. The minimum Gasteiger partial charge on any atom is -0.380 e. The number of nitrogens with one attached hydrogen (secondary N) is 2. The smallest absolute Gasteiger partial charge is 0.124 e. The van der Waals surface area contributed by atoms with E-state index in [0.717, 1.165) is 14.8 Å². The summed E-state index contributed by atoms with van der Waals surface area (Å²) in [4.78, 5) is 3.25. The lowest BCUT2D eigenvalue weighted by molar-refractivity contribution is 0.627. The van der Waals surface area contributed by atoms with Gasteiger partial charge < -0.3 is 10.3 Å². The van der Waals surface area contributed by atoms with Crippen molar-refractivity contribution in [2.24, 2.45) is 0 Å². The molecular formula is C15H12FIN2. The van der Waals surface area contributed by atoms with Crippen LogP contribution >= 0.6 is 22.6 Å². The lowest BCUT2D eigenvalue weighted by Gasteiger charge is -2.08. The van der Waals surface area contributed by atoms with E-state index < -0.39 is 0 Å². The normalized spacial score (nSPS) is 10.8. The Labute approximate surface area is 124 Å². The first-order valence-corrected chi connectivity index (χ1v) is 7.06. The van der Waals surface area contributed by atoms with Crippen LogP contribution < -0.4 is 5.32 Å². The Bertz CT molecular complexity index is 721. The summed E-state index contributed by atoms with van der Waals surface area (Å²) in [6, 6.07) is 13.0. The number of rotatable bonds is 3. The zero-order valence-electron chi connectivity index (χ0n) is 10.1. The van der Waals surface area contributed by atoms with Gasteiger partial charge in [-0.05, 0) is 52.4 Å². The largest absolute Gasteiger partial charge is 0.380 e. The fourth-order valence-corrected chi connectivity index (χ4v) is 2.77. The van der Waals surface area contributed by atoms with E-state index in [0.29, 0.717) is 6.54 Å². The molecule has 4 heteroatoms. The van der Waals surface area contributed by atoms with E-state index in [1.54, 1.807) is 6.07 Å². The van der Waals surface area contributed by atoms with Crippen LogP contribution in [0.25, 0.3) is 10.9 Å². The quantitative estimate of drug-likeness (QED) is 0.656. The van der Waals surface area contributed by atoms with Crippen molar-refractivity contribution in [3.8, 4) is 0 Å². The molecule has 0 aliphatic heterocycles. The third-order valence-electron chi connectivity index (χ3n) is 3.08. The maximum Gasteiger partial charge on any atom is 0.124 e. The van der Waals surface area contributed by atoms with Gasteiger partial charge >= 0.3 is 0 Å². The van der Waals surface area contributed by atoms with Gasteiger partial charge in [0.05, 0.1) is 0 Å². The lowest BCUT2D eigenvalue weighted by atomic mass is 10.2. The van der Waals surface area contributed by atoms with E-state index >= 15 is 0 Å². The molecule has 0 bridgehead atoms. The Kier molecular flexibility index (Phi) is 3.42. The lowest BCUT2D eigenvalue weighted by Crippen LogP contribution is -2.00. The number of fused-ring (bicyclic) bond motifs is 1. The maximum atomic E-state index is 13.0. The Morgan fingerprint density at radius 3 is 2.84 bits per heavy atom. The highest BCUT2D eigenvalue weighted by Crippen LogP contribution is 2.22. The van der Waals surface area contributed by atoms with Gasteiger partial charge in [0.2, 0.25) is 0 Å². The topological polar surface area (TPSA) is 27.8 Å². The first-order valence-electron chi connectivity index (χ1n) is 5.98. The molecule has 96 valence electrons. The average Bonchev–Trinajstić information content (AvgIpc) is 2.81. The Hall–Kier alpha value is -1.56. The fraction of sp³-hybridized carbons (Fsp3) is 0.0667. The molecule has 2 N–H and O–H groups in total. The summed E-state index contributed by atoms with van der Waals surface area (Å²) in [5, 5.41) is 4.56. The highest BCUT2D eigenvalue weighted by Gasteiger charge is 2.04. The Morgan fingerprint density at radius 1 is 1.16 bits per heavy atom. The molecule has 0 saturated heterocycles. The second kappa shape index (κ2) is 5.21. The van der Waals surface area contributed by atoms with Gasteiger partial charge in [0.25, 0.3) is 0 Å². The molecule has 0 radical (unpaired) electrons. The van der Waals surface area contributed by atoms with Gasteiger partial charge in [-0.25, -0.2) is 4.39 Å². The predicted molar refractivity (Wildman–Crippen MR) is 84.7 cm³/mol. The first kappa shape index (κ1) is 12.5. The monoisotopic (exact) mass is 366 g/mol. The minimum absolute atomic E-state index is 0.206. The number of para-hydroxylation sites is 1. The van der Waals surface area contributed by atoms with Crippen molar-refractivity contribution < 1.29 is 4.39 Å². The van der Waals surface area contributed by atoms with Gasteiger partial charge in [-0.15, -0.1) is 0 Å². The number of aromatic nitrogens is 1. The fourth-order valence-electron chi connectivity index (χ4n) is 2.10. The summed E-state index contributed by atoms with van der Waals surface area (Å²) in [6.45, 7) is 0.714. The number of benzene rings is 2. The zero-order chi connectivity index (χ0) is 13.2. The second-order valence-electron chi connectivity index (χ2n) is 4.34. The number of aromatic amines is 1. The van der Waals surface area contributed by atoms with Gasteiger partial charge in [-0.1, -0.05) is 18.2 Å². The molecule has 19 heavy (non-hydrogen) atoms. The molecule has 0 aliphatic carbocycles. The molecule has 0 saturated carbocycles. The van der Waals surface area contributed by atoms with Crippen molar-refractivity contribution in [1.29, 1.82) is 0 Å². The minimum atomic E-state index is -0.206. The van der Waals surface area contributed by atoms with Crippen LogP contribution in [0.5, 0.6) is 0 Å². The van der Waals surface area contributed by atoms with Crippen LogP contribution in [0.4, 0.5) is 10.1 Å². The van der Waals surface area contributed by atoms with Crippen molar-refractivity contribution in [2.45, 2.75) is 6.54 Å². The van der Waals surface area contributed by atoms with Gasteiger partial charge in [-0.2, -0.15) is 0 Å². The molecule has 0 atom stereocenters. The zero-order valence-corrected chi connectivity index (χ0v) is 12.2. The standard InChI is InChI=1S/C15H12FIN2/c16-11-5-6-15(13(17)7-11)19-9-10-8-18-14-4-2-1-3-12(10)14/h1-8,18-19H,9H2. The third-order valence-corrected chi connectivity index (χ3v) is 3.97. The van der Waals surface area contributed by atoms with Crippen LogP contribution in [0.3, 0.4) is 0 Å². The summed E-state index contributed by atoms with van der Waals surface area (Å²) in [5.41, 5.74) is 3.29. The summed E-state index contributed by atoms with van der Waals surface area (Å²) in [5.74, 6) is -0.206. The van der Waals surface area contributed by atoms with Crippen molar-refractivity contribution in [2.75, 3.05) is 5.32 Å². The molecule has 0 unspecified atom stereocenters. The number of H-pyrrole nitrogens is 1. The summed E-state index contributed by atoms with van der Waals surface area (Å²) >= 11 is 2.13. The van der Waals surface area contributed by atoms with Gasteiger partial charge in [0.1, 0.15) is 5.82 Å². The van der Waals surface area contributed by atoms with Gasteiger partial charge in [0, 0.05) is 32.9 Å². The van der Waals surface area contributed by atoms with Crippen molar-refractivity contribution in [3.05, 3.63) is 63.6 Å². The summed E-state index contributed by atoms with van der Waals surface area (Å²) in [6.07, 6.45) is 2.01. The highest BCUT2D eigenvalue weighted by atomic mass is 127. The molecule has 1 heterocycles. The van der Waals surface area contributed by atoms with E-state index in [1.165, 1.54) is 23.1 Å². The third kappa shape index (κ3) is 2.58. The first-order chi connectivity index (χ1) is 9.24. The number of hydrogen-bond acceptors (Lipinski definition) is 1. The SMILES string of the molecule is Fc1ccc(NCc2c[nH]c3ccccc23)c(I)c1. The van der Waals surface area contributed by atoms with Crippen LogP contribution in [-0.2, 0) is 6.54 Å². The molecule has 2 aromatic carbocycles. The summed E-state index contributed by atoms with van der Waals surface area (Å²) < 4.78 is 13.9. The number of halogens is 2. The maximum absolute atomic E-state index is 13.0. The predicted octanol–water partition coefficient (Wildman–Crippen LogP) is 4.52. The van der Waals surface area contributed by atoms with Crippen LogP contribution in [0, 0.1) is 9.39 Å².